The first-order valence-corrected chi connectivity index (χ1v) is 6.07. The van der Waals surface area contributed by atoms with E-state index in [2.05, 4.69) is 30.3 Å². The SMILES string of the molecule is Clc1cc(C2CC2)ccc1-c1ccccc1. The molecule has 0 spiro atoms. The summed E-state index contributed by atoms with van der Waals surface area (Å²) < 4.78 is 0. The Balaban J connectivity index is 2.02. The van der Waals surface area contributed by atoms with Gasteiger partial charge in [0.25, 0.3) is 0 Å². The van der Waals surface area contributed by atoms with Gasteiger partial charge < -0.3 is 0 Å². The molecule has 0 amide bonds. The molecule has 0 aromatic heterocycles. The predicted octanol–water partition coefficient (Wildman–Crippen LogP) is 4.88. The highest BCUT2D eigenvalue weighted by molar-refractivity contribution is 6.33. The van der Waals surface area contributed by atoms with Crippen molar-refractivity contribution in [1.29, 1.82) is 0 Å². The molecule has 0 N–H and O–H groups in total. The summed E-state index contributed by atoms with van der Waals surface area (Å²) in [6, 6.07) is 16.8. The van der Waals surface area contributed by atoms with Gasteiger partial charge in [-0.2, -0.15) is 0 Å². The normalized spacial score (nSPS) is 15.1. The minimum absolute atomic E-state index is 0.766. The van der Waals surface area contributed by atoms with Crippen LogP contribution >= 0.6 is 11.6 Å². The van der Waals surface area contributed by atoms with Crippen LogP contribution in [-0.2, 0) is 0 Å². The second kappa shape index (κ2) is 3.95. The quantitative estimate of drug-likeness (QED) is 0.687. The van der Waals surface area contributed by atoms with Gasteiger partial charge in [-0.3, -0.25) is 0 Å². The first kappa shape index (κ1) is 9.92. The molecule has 0 bridgehead atoms. The lowest BCUT2D eigenvalue weighted by atomic mass is 10.0. The highest BCUT2D eigenvalue weighted by Crippen LogP contribution is 2.42. The first-order valence-electron chi connectivity index (χ1n) is 5.69. The molecular weight excluding hydrogens is 216 g/mol. The molecule has 0 unspecified atom stereocenters. The zero-order valence-corrected chi connectivity index (χ0v) is 9.74. The molecule has 80 valence electrons. The standard InChI is InChI=1S/C15H13Cl/c16-15-10-13(11-6-7-11)8-9-14(15)12-4-2-1-3-5-12/h1-5,8-11H,6-7H2. The Hall–Kier alpha value is -1.27. The zero-order chi connectivity index (χ0) is 11.0. The van der Waals surface area contributed by atoms with Gasteiger partial charge in [-0.05, 0) is 36.0 Å². The Morgan fingerprint density at radius 2 is 1.69 bits per heavy atom. The molecule has 2 aromatic carbocycles. The maximum absolute atomic E-state index is 6.34. The second-order valence-corrected chi connectivity index (χ2v) is 4.79. The van der Waals surface area contributed by atoms with Crippen molar-refractivity contribution in [2.75, 3.05) is 0 Å². The van der Waals surface area contributed by atoms with Crippen molar-refractivity contribution >= 4 is 11.6 Å². The van der Waals surface area contributed by atoms with Crippen LogP contribution in [0.1, 0.15) is 24.3 Å². The maximum Gasteiger partial charge on any atom is 0.0487 e. The zero-order valence-electron chi connectivity index (χ0n) is 8.99. The summed E-state index contributed by atoms with van der Waals surface area (Å²) in [6.07, 6.45) is 2.64. The van der Waals surface area contributed by atoms with E-state index < -0.39 is 0 Å². The van der Waals surface area contributed by atoms with E-state index >= 15 is 0 Å². The number of halogens is 1. The molecule has 1 heteroatoms. The average molecular weight is 229 g/mol. The van der Waals surface area contributed by atoms with Crippen LogP contribution in [0.25, 0.3) is 11.1 Å². The molecular formula is C15H13Cl. The lowest BCUT2D eigenvalue weighted by molar-refractivity contribution is 1.13. The summed E-state index contributed by atoms with van der Waals surface area (Å²) in [5, 5.41) is 0.871. The Labute approximate surface area is 101 Å². The lowest BCUT2D eigenvalue weighted by Crippen LogP contribution is -1.83. The molecule has 0 aliphatic heterocycles. The number of hydrogen-bond acceptors (Lipinski definition) is 0. The van der Waals surface area contributed by atoms with Crippen molar-refractivity contribution in [3.63, 3.8) is 0 Å². The highest BCUT2D eigenvalue weighted by atomic mass is 35.5. The third-order valence-corrected chi connectivity index (χ3v) is 3.44. The molecule has 1 fully saturated rings. The molecule has 1 aliphatic rings. The second-order valence-electron chi connectivity index (χ2n) is 4.38. The highest BCUT2D eigenvalue weighted by Gasteiger charge is 2.23. The van der Waals surface area contributed by atoms with Crippen LogP contribution in [0.4, 0.5) is 0 Å². The van der Waals surface area contributed by atoms with Crippen LogP contribution in [0.5, 0.6) is 0 Å². The van der Waals surface area contributed by atoms with Gasteiger partial charge in [0.2, 0.25) is 0 Å². The molecule has 1 saturated carbocycles. The fraction of sp³-hybridized carbons (Fsp3) is 0.200. The molecule has 0 heterocycles. The third kappa shape index (κ3) is 1.85. The summed E-state index contributed by atoms with van der Waals surface area (Å²) in [5.41, 5.74) is 3.71. The summed E-state index contributed by atoms with van der Waals surface area (Å²) in [6.45, 7) is 0. The van der Waals surface area contributed by atoms with E-state index in [1.165, 1.54) is 24.0 Å². The average Bonchev–Trinajstić information content (AvgIpc) is 3.14. The smallest absolute Gasteiger partial charge is 0.0487 e. The third-order valence-electron chi connectivity index (χ3n) is 3.13. The Morgan fingerprint density at radius 3 is 2.31 bits per heavy atom. The topological polar surface area (TPSA) is 0 Å². The van der Waals surface area contributed by atoms with Gasteiger partial charge in [-0.1, -0.05) is 54.1 Å². The van der Waals surface area contributed by atoms with Crippen molar-refractivity contribution in [2.24, 2.45) is 0 Å². The fourth-order valence-electron chi connectivity index (χ4n) is 2.05. The van der Waals surface area contributed by atoms with Crippen molar-refractivity contribution < 1.29 is 0 Å². The minimum atomic E-state index is 0.766. The Bertz CT molecular complexity index is 498. The van der Waals surface area contributed by atoms with Crippen molar-refractivity contribution in [3.05, 3.63) is 59.1 Å². The van der Waals surface area contributed by atoms with Crippen LogP contribution in [0.2, 0.25) is 5.02 Å². The summed E-state index contributed by atoms with van der Waals surface area (Å²) >= 11 is 6.34. The molecule has 0 radical (unpaired) electrons. The largest absolute Gasteiger partial charge is 0.0837 e. The number of hydrogen-bond donors (Lipinski definition) is 0. The minimum Gasteiger partial charge on any atom is -0.0837 e. The Kier molecular flexibility index (Phi) is 2.45. The van der Waals surface area contributed by atoms with E-state index in [1.807, 2.05) is 18.2 Å². The van der Waals surface area contributed by atoms with Crippen LogP contribution in [0, 0.1) is 0 Å². The van der Waals surface area contributed by atoms with E-state index in [4.69, 9.17) is 11.6 Å². The van der Waals surface area contributed by atoms with E-state index in [0.29, 0.717) is 0 Å². The molecule has 1 aliphatic carbocycles. The molecule has 3 rings (SSSR count). The molecule has 0 saturated heterocycles. The van der Waals surface area contributed by atoms with E-state index in [1.54, 1.807) is 0 Å². The molecule has 0 nitrogen and oxygen atoms in total. The summed E-state index contributed by atoms with van der Waals surface area (Å²) in [5.74, 6) is 0.766. The monoisotopic (exact) mass is 228 g/mol. The van der Waals surface area contributed by atoms with Gasteiger partial charge in [0, 0.05) is 10.6 Å². The molecule has 16 heavy (non-hydrogen) atoms. The maximum atomic E-state index is 6.34. The van der Waals surface area contributed by atoms with Crippen LogP contribution in [0.15, 0.2) is 48.5 Å². The molecule has 2 aromatic rings. The molecule has 0 atom stereocenters. The van der Waals surface area contributed by atoms with Crippen molar-refractivity contribution in [3.8, 4) is 11.1 Å². The van der Waals surface area contributed by atoms with Gasteiger partial charge >= 0.3 is 0 Å². The van der Waals surface area contributed by atoms with Gasteiger partial charge in [0.1, 0.15) is 0 Å². The van der Waals surface area contributed by atoms with Gasteiger partial charge in [-0.25, -0.2) is 0 Å². The first-order chi connectivity index (χ1) is 7.84. The fourth-order valence-corrected chi connectivity index (χ4v) is 2.35. The van der Waals surface area contributed by atoms with Gasteiger partial charge in [0.15, 0.2) is 0 Å². The predicted molar refractivity (Wildman–Crippen MR) is 68.9 cm³/mol. The van der Waals surface area contributed by atoms with E-state index in [0.717, 1.165) is 16.5 Å². The van der Waals surface area contributed by atoms with Crippen LogP contribution < -0.4 is 0 Å². The van der Waals surface area contributed by atoms with Crippen LogP contribution in [0.3, 0.4) is 0 Å². The summed E-state index contributed by atoms with van der Waals surface area (Å²) in [7, 11) is 0. The van der Waals surface area contributed by atoms with E-state index in [-0.39, 0.29) is 0 Å². The summed E-state index contributed by atoms with van der Waals surface area (Å²) in [4.78, 5) is 0. The van der Waals surface area contributed by atoms with E-state index in [9.17, 15) is 0 Å². The van der Waals surface area contributed by atoms with Crippen molar-refractivity contribution in [2.45, 2.75) is 18.8 Å². The Morgan fingerprint density at radius 1 is 0.938 bits per heavy atom. The van der Waals surface area contributed by atoms with Crippen molar-refractivity contribution in [1.82, 2.24) is 0 Å². The number of rotatable bonds is 2. The van der Waals surface area contributed by atoms with Gasteiger partial charge in [0.05, 0.1) is 0 Å². The number of benzene rings is 2. The van der Waals surface area contributed by atoms with Gasteiger partial charge in [-0.15, -0.1) is 0 Å². The lowest BCUT2D eigenvalue weighted by Gasteiger charge is -2.06. The van der Waals surface area contributed by atoms with Crippen LogP contribution in [-0.4, -0.2) is 0 Å².